The second kappa shape index (κ2) is 7.48. The molecule has 0 heterocycles. The summed E-state index contributed by atoms with van der Waals surface area (Å²) in [5.41, 5.74) is 1.95. The van der Waals surface area contributed by atoms with Crippen molar-refractivity contribution in [1.82, 2.24) is 0 Å². The summed E-state index contributed by atoms with van der Waals surface area (Å²) in [6.07, 6.45) is 2.50. The summed E-state index contributed by atoms with van der Waals surface area (Å²) < 4.78 is 10.9. The lowest BCUT2D eigenvalue weighted by Crippen LogP contribution is -2.26. The van der Waals surface area contributed by atoms with Gasteiger partial charge in [-0.15, -0.1) is 0 Å². The van der Waals surface area contributed by atoms with Crippen molar-refractivity contribution in [3.05, 3.63) is 29.3 Å². The van der Waals surface area contributed by atoms with Gasteiger partial charge in [-0.1, -0.05) is 27.8 Å². The molecule has 120 valence electrons. The van der Waals surface area contributed by atoms with Crippen LogP contribution in [0.15, 0.2) is 18.2 Å². The minimum Gasteiger partial charge on any atom is -0.497 e. The van der Waals surface area contributed by atoms with Crippen LogP contribution in [0.5, 0.6) is 5.75 Å². The summed E-state index contributed by atoms with van der Waals surface area (Å²) in [5.74, 6) is 0.753. The summed E-state index contributed by atoms with van der Waals surface area (Å²) in [5, 5.41) is 0. The van der Waals surface area contributed by atoms with Gasteiger partial charge >= 0.3 is 5.97 Å². The highest BCUT2D eigenvalue weighted by atomic mass is 16.5. The Labute approximate surface area is 129 Å². The van der Waals surface area contributed by atoms with Crippen LogP contribution in [0.2, 0.25) is 0 Å². The van der Waals surface area contributed by atoms with Gasteiger partial charge < -0.3 is 9.47 Å². The second-order valence-electron chi connectivity index (χ2n) is 5.73. The standard InChI is InChI=1S/C16H22O3.2CH4/c1-5-16(2,3)15(17)19-14-9-6-11-10-12(18-4)7-8-13(11)14;;/h7-8,10,14H,5-6,9H2,1-4H3;2*1H4. The summed E-state index contributed by atoms with van der Waals surface area (Å²) in [7, 11) is 1.66. The topological polar surface area (TPSA) is 35.5 Å². The third-order valence-corrected chi connectivity index (χ3v) is 4.06. The molecule has 1 aliphatic rings. The van der Waals surface area contributed by atoms with Crippen LogP contribution in [-0.2, 0) is 16.0 Å². The number of carbonyl (C=O) groups is 1. The van der Waals surface area contributed by atoms with Crippen LogP contribution < -0.4 is 4.74 Å². The molecule has 0 spiro atoms. The van der Waals surface area contributed by atoms with Gasteiger partial charge in [0.25, 0.3) is 0 Å². The molecule has 1 aromatic carbocycles. The van der Waals surface area contributed by atoms with Crippen LogP contribution in [0.4, 0.5) is 0 Å². The Kier molecular flexibility index (Phi) is 6.95. The molecule has 1 atom stereocenters. The van der Waals surface area contributed by atoms with E-state index in [4.69, 9.17) is 9.47 Å². The molecule has 0 amide bonds. The Morgan fingerprint density at radius 3 is 2.57 bits per heavy atom. The van der Waals surface area contributed by atoms with Crippen molar-refractivity contribution >= 4 is 5.97 Å². The van der Waals surface area contributed by atoms with E-state index in [0.717, 1.165) is 30.6 Å². The predicted molar refractivity (Wildman–Crippen MR) is 87.7 cm³/mol. The number of rotatable bonds is 4. The van der Waals surface area contributed by atoms with Crippen LogP contribution >= 0.6 is 0 Å². The van der Waals surface area contributed by atoms with E-state index in [1.807, 2.05) is 39.0 Å². The lowest BCUT2D eigenvalue weighted by molar-refractivity contribution is -0.160. The molecule has 21 heavy (non-hydrogen) atoms. The maximum absolute atomic E-state index is 12.1. The van der Waals surface area contributed by atoms with Crippen molar-refractivity contribution in [3.63, 3.8) is 0 Å². The van der Waals surface area contributed by atoms with Gasteiger partial charge in [-0.2, -0.15) is 0 Å². The second-order valence-corrected chi connectivity index (χ2v) is 5.73. The van der Waals surface area contributed by atoms with Crippen LogP contribution in [0.3, 0.4) is 0 Å². The molecule has 1 unspecified atom stereocenters. The SMILES string of the molecule is C.C.CCC(C)(C)C(=O)OC1CCc2cc(OC)ccc21. The quantitative estimate of drug-likeness (QED) is 0.738. The fourth-order valence-corrected chi connectivity index (χ4v) is 2.24. The van der Waals surface area contributed by atoms with E-state index in [0.29, 0.717) is 0 Å². The van der Waals surface area contributed by atoms with Gasteiger partial charge in [0, 0.05) is 0 Å². The zero-order chi connectivity index (χ0) is 14.0. The molecular weight excluding hydrogens is 264 g/mol. The number of hydrogen-bond acceptors (Lipinski definition) is 3. The number of hydrogen-bond donors (Lipinski definition) is 0. The van der Waals surface area contributed by atoms with E-state index < -0.39 is 5.41 Å². The van der Waals surface area contributed by atoms with Gasteiger partial charge in [0.05, 0.1) is 12.5 Å². The van der Waals surface area contributed by atoms with Crippen molar-refractivity contribution in [1.29, 1.82) is 0 Å². The molecule has 0 bridgehead atoms. The monoisotopic (exact) mass is 294 g/mol. The molecule has 3 heteroatoms. The first-order chi connectivity index (χ1) is 8.97. The first-order valence-electron chi connectivity index (χ1n) is 6.86. The van der Waals surface area contributed by atoms with Gasteiger partial charge in [-0.05, 0) is 56.4 Å². The fourth-order valence-electron chi connectivity index (χ4n) is 2.24. The maximum Gasteiger partial charge on any atom is 0.312 e. The number of aryl methyl sites for hydroxylation is 1. The molecular formula is C18H30O3. The van der Waals surface area contributed by atoms with Crippen LogP contribution in [0.1, 0.15) is 65.7 Å². The largest absolute Gasteiger partial charge is 0.497 e. The Morgan fingerprint density at radius 2 is 2.00 bits per heavy atom. The normalized spacial score (nSPS) is 16.3. The lowest BCUT2D eigenvalue weighted by atomic mass is 9.90. The summed E-state index contributed by atoms with van der Waals surface area (Å²) in [4.78, 5) is 12.1. The molecule has 0 saturated heterocycles. The van der Waals surface area contributed by atoms with Crippen LogP contribution in [0, 0.1) is 5.41 Å². The Balaban J connectivity index is 0.00000200. The minimum absolute atomic E-state index is 0. The van der Waals surface area contributed by atoms with Gasteiger partial charge in [0.2, 0.25) is 0 Å². The van der Waals surface area contributed by atoms with E-state index >= 15 is 0 Å². The molecule has 1 aliphatic carbocycles. The summed E-state index contributed by atoms with van der Waals surface area (Å²) >= 11 is 0. The summed E-state index contributed by atoms with van der Waals surface area (Å²) in [6, 6.07) is 5.97. The van der Waals surface area contributed by atoms with E-state index in [1.54, 1.807) is 7.11 Å². The summed E-state index contributed by atoms with van der Waals surface area (Å²) in [6.45, 7) is 5.87. The molecule has 2 rings (SSSR count). The molecule has 1 aromatic rings. The third-order valence-electron chi connectivity index (χ3n) is 4.06. The molecule has 0 N–H and O–H groups in total. The first kappa shape index (κ1) is 19.5. The van der Waals surface area contributed by atoms with Crippen LogP contribution in [0.25, 0.3) is 0 Å². The number of methoxy groups -OCH3 is 1. The third kappa shape index (κ3) is 3.99. The molecule has 0 aliphatic heterocycles. The van der Waals surface area contributed by atoms with Gasteiger partial charge in [0.15, 0.2) is 0 Å². The van der Waals surface area contributed by atoms with Crippen LogP contribution in [-0.4, -0.2) is 13.1 Å². The zero-order valence-electron chi connectivity index (χ0n) is 12.2. The van der Waals surface area contributed by atoms with Gasteiger partial charge in [-0.25, -0.2) is 0 Å². The minimum atomic E-state index is -0.408. The van der Waals surface area contributed by atoms with E-state index in [9.17, 15) is 4.79 Å². The zero-order valence-corrected chi connectivity index (χ0v) is 12.2. The lowest BCUT2D eigenvalue weighted by Gasteiger charge is -2.23. The highest BCUT2D eigenvalue weighted by Gasteiger charge is 2.32. The average molecular weight is 294 g/mol. The molecule has 3 nitrogen and oxygen atoms in total. The number of carbonyl (C=O) groups excluding carboxylic acids is 1. The predicted octanol–water partition coefficient (Wildman–Crippen LogP) is 4.93. The highest BCUT2D eigenvalue weighted by molar-refractivity contribution is 5.76. The van der Waals surface area contributed by atoms with Crippen molar-refractivity contribution in [3.8, 4) is 5.75 Å². The smallest absolute Gasteiger partial charge is 0.312 e. The number of benzene rings is 1. The van der Waals surface area contributed by atoms with Crippen molar-refractivity contribution < 1.29 is 14.3 Å². The number of fused-ring (bicyclic) bond motifs is 1. The van der Waals surface area contributed by atoms with E-state index in [1.165, 1.54) is 5.56 Å². The number of ether oxygens (including phenoxy) is 2. The van der Waals surface area contributed by atoms with E-state index in [-0.39, 0.29) is 26.9 Å². The molecule has 0 saturated carbocycles. The highest BCUT2D eigenvalue weighted by Crippen LogP contribution is 2.37. The Bertz CT molecular complexity index is 477. The first-order valence-corrected chi connectivity index (χ1v) is 6.86. The maximum atomic E-state index is 12.1. The molecule has 0 fully saturated rings. The number of esters is 1. The van der Waals surface area contributed by atoms with Crippen molar-refractivity contribution in [2.24, 2.45) is 5.41 Å². The Hall–Kier alpha value is -1.51. The Morgan fingerprint density at radius 1 is 1.33 bits per heavy atom. The molecule has 0 radical (unpaired) electrons. The average Bonchev–Trinajstić information content (AvgIpc) is 2.81. The van der Waals surface area contributed by atoms with Gasteiger partial charge in [-0.3, -0.25) is 4.79 Å². The van der Waals surface area contributed by atoms with Crippen molar-refractivity contribution in [2.75, 3.05) is 7.11 Å². The van der Waals surface area contributed by atoms with E-state index in [2.05, 4.69) is 0 Å². The van der Waals surface area contributed by atoms with Crippen molar-refractivity contribution in [2.45, 2.75) is 61.0 Å². The van der Waals surface area contributed by atoms with Gasteiger partial charge in [0.1, 0.15) is 11.9 Å². The molecule has 0 aromatic heterocycles. The fraction of sp³-hybridized carbons (Fsp3) is 0.611.